The van der Waals surface area contributed by atoms with Gasteiger partial charge in [0.15, 0.2) is 6.10 Å². The summed E-state index contributed by atoms with van der Waals surface area (Å²) >= 11 is 0. The van der Waals surface area contributed by atoms with Crippen molar-refractivity contribution in [3.05, 3.63) is 12.7 Å². The average molecular weight is 202 g/mol. The van der Waals surface area contributed by atoms with E-state index < -0.39 is 18.0 Å². The quantitative estimate of drug-likeness (QED) is 0.479. The molecule has 0 saturated carbocycles. The number of hydrogen-bond donors (Lipinski definition) is 1. The zero-order valence-corrected chi connectivity index (χ0v) is 8.06. The van der Waals surface area contributed by atoms with Gasteiger partial charge in [0.05, 0.1) is 13.7 Å². The monoisotopic (exact) mass is 202 g/mol. The average Bonchev–Trinajstić information content (AvgIpc) is 2.22. The van der Waals surface area contributed by atoms with Gasteiger partial charge in [-0.15, -0.1) is 0 Å². The lowest BCUT2D eigenvalue weighted by Gasteiger charge is -2.14. The van der Waals surface area contributed by atoms with Crippen LogP contribution in [-0.4, -0.2) is 36.9 Å². The molecule has 14 heavy (non-hydrogen) atoms. The lowest BCUT2D eigenvalue weighted by Crippen LogP contribution is -2.28. The Hall–Kier alpha value is -1.36. The summed E-state index contributed by atoms with van der Waals surface area (Å²) in [7, 11) is 1.31. The number of rotatable bonds is 1. The molecule has 0 radical (unpaired) electrons. The van der Waals surface area contributed by atoms with Crippen LogP contribution in [0.4, 0.5) is 0 Å². The second-order valence-electron chi connectivity index (χ2n) is 2.55. The molecule has 0 aromatic carbocycles. The zero-order valence-electron chi connectivity index (χ0n) is 8.06. The summed E-state index contributed by atoms with van der Waals surface area (Å²) in [4.78, 5) is 20.2. The van der Waals surface area contributed by atoms with Gasteiger partial charge in [0, 0.05) is 6.08 Å². The minimum atomic E-state index is -0.858. The molecular formula is C9H14O5. The SMILES string of the molecule is C=CC(=O)OC.O=C1OCCCC1O. The summed E-state index contributed by atoms with van der Waals surface area (Å²) in [6, 6.07) is 0. The maximum Gasteiger partial charge on any atom is 0.334 e. The molecule has 0 aromatic rings. The van der Waals surface area contributed by atoms with Crippen LogP contribution < -0.4 is 0 Å². The van der Waals surface area contributed by atoms with Gasteiger partial charge in [-0.3, -0.25) is 0 Å². The van der Waals surface area contributed by atoms with Gasteiger partial charge in [0.2, 0.25) is 0 Å². The Balaban J connectivity index is 0.000000255. The Morgan fingerprint density at radius 1 is 1.79 bits per heavy atom. The predicted molar refractivity (Wildman–Crippen MR) is 48.4 cm³/mol. The summed E-state index contributed by atoms with van der Waals surface area (Å²) in [6.45, 7) is 3.63. The first-order chi connectivity index (χ1) is 6.61. The topological polar surface area (TPSA) is 72.8 Å². The minimum absolute atomic E-state index is 0.394. The third-order valence-electron chi connectivity index (χ3n) is 1.51. The molecule has 1 fully saturated rings. The van der Waals surface area contributed by atoms with Gasteiger partial charge < -0.3 is 14.6 Å². The third kappa shape index (κ3) is 5.31. The van der Waals surface area contributed by atoms with Crippen molar-refractivity contribution < 1.29 is 24.2 Å². The van der Waals surface area contributed by atoms with Crippen molar-refractivity contribution in [1.29, 1.82) is 0 Å². The van der Waals surface area contributed by atoms with Crippen molar-refractivity contribution in [2.75, 3.05) is 13.7 Å². The van der Waals surface area contributed by atoms with E-state index in [9.17, 15) is 9.59 Å². The predicted octanol–water partition coefficient (Wildman–Crippen LogP) is 0.0297. The first kappa shape index (κ1) is 12.6. The summed E-state index contributed by atoms with van der Waals surface area (Å²) < 4.78 is 8.64. The van der Waals surface area contributed by atoms with Crippen LogP contribution in [0, 0.1) is 0 Å². The number of aliphatic hydroxyl groups is 1. The number of esters is 2. The molecule has 1 rings (SSSR count). The van der Waals surface area contributed by atoms with Crippen molar-refractivity contribution in [3.8, 4) is 0 Å². The number of hydrogen-bond acceptors (Lipinski definition) is 5. The van der Waals surface area contributed by atoms with Crippen molar-refractivity contribution in [2.45, 2.75) is 18.9 Å². The lowest BCUT2D eigenvalue weighted by atomic mass is 10.2. The highest BCUT2D eigenvalue weighted by molar-refractivity contribution is 5.80. The zero-order chi connectivity index (χ0) is 11.0. The molecule has 1 saturated heterocycles. The van der Waals surface area contributed by atoms with Crippen molar-refractivity contribution in [2.24, 2.45) is 0 Å². The summed E-state index contributed by atoms with van der Waals surface area (Å²) in [5.74, 6) is -0.869. The standard InChI is InChI=1S/C5H8O3.C4H6O2/c6-4-2-1-3-8-5(4)7;1-3-4(5)6-2/h4,6H,1-3H2;3H,1H2,2H3. The number of cyclic esters (lactones) is 1. The minimum Gasteiger partial charge on any atom is -0.466 e. The molecule has 0 aromatic heterocycles. The van der Waals surface area contributed by atoms with Crippen molar-refractivity contribution >= 4 is 11.9 Å². The molecule has 1 aliphatic heterocycles. The van der Waals surface area contributed by atoms with E-state index in [1.807, 2.05) is 0 Å². The number of aliphatic hydroxyl groups excluding tert-OH is 1. The molecule has 0 spiro atoms. The third-order valence-corrected chi connectivity index (χ3v) is 1.51. The molecule has 0 aliphatic carbocycles. The fourth-order valence-corrected chi connectivity index (χ4v) is 0.747. The molecule has 1 atom stereocenters. The molecule has 5 heteroatoms. The molecule has 0 bridgehead atoms. The fourth-order valence-electron chi connectivity index (χ4n) is 0.747. The van der Waals surface area contributed by atoms with Crippen LogP contribution in [0.2, 0.25) is 0 Å². The number of carbonyl (C=O) groups is 2. The van der Waals surface area contributed by atoms with E-state index in [1.54, 1.807) is 0 Å². The highest BCUT2D eigenvalue weighted by Crippen LogP contribution is 2.05. The fraction of sp³-hybridized carbons (Fsp3) is 0.556. The maximum absolute atomic E-state index is 10.3. The largest absolute Gasteiger partial charge is 0.466 e. The Labute approximate surface area is 82.3 Å². The van der Waals surface area contributed by atoms with E-state index in [0.717, 1.165) is 12.5 Å². The first-order valence-electron chi connectivity index (χ1n) is 4.17. The lowest BCUT2D eigenvalue weighted by molar-refractivity contribution is -0.158. The number of methoxy groups -OCH3 is 1. The Kier molecular flexibility index (Phi) is 6.39. The Bertz CT molecular complexity index is 211. The van der Waals surface area contributed by atoms with Gasteiger partial charge in [-0.1, -0.05) is 6.58 Å². The van der Waals surface area contributed by atoms with Crippen LogP contribution in [0.25, 0.3) is 0 Å². The van der Waals surface area contributed by atoms with E-state index in [2.05, 4.69) is 16.1 Å². The maximum atomic E-state index is 10.3. The molecule has 1 N–H and O–H groups in total. The summed E-state index contributed by atoms with van der Waals surface area (Å²) in [5, 5.41) is 8.70. The first-order valence-corrected chi connectivity index (χ1v) is 4.17. The van der Waals surface area contributed by atoms with Gasteiger partial charge in [-0.25, -0.2) is 9.59 Å². The molecule has 1 unspecified atom stereocenters. The summed E-state index contributed by atoms with van der Waals surface area (Å²) in [5.41, 5.74) is 0. The van der Waals surface area contributed by atoms with Gasteiger partial charge in [0.1, 0.15) is 0 Å². The van der Waals surface area contributed by atoms with E-state index >= 15 is 0 Å². The van der Waals surface area contributed by atoms with E-state index in [-0.39, 0.29) is 0 Å². The van der Waals surface area contributed by atoms with Crippen LogP contribution >= 0.6 is 0 Å². The van der Waals surface area contributed by atoms with Crippen molar-refractivity contribution in [3.63, 3.8) is 0 Å². The van der Waals surface area contributed by atoms with E-state index in [4.69, 9.17) is 5.11 Å². The smallest absolute Gasteiger partial charge is 0.334 e. The van der Waals surface area contributed by atoms with Crippen LogP contribution in [0.1, 0.15) is 12.8 Å². The van der Waals surface area contributed by atoms with Crippen LogP contribution in [-0.2, 0) is 19.1 Å². The molecule has 0 amide bonds. The Morgan fingerprint density at radius 2 is 2.43 bits per heavy atom. The van der Waals surface area contributed by atoms with Gasteiger partial charge in [0.25, 0.3) is 0 Å². The van der Waals surface area contributed by atoms with Crippen LogP contribution in [0.15, 0.2) is 12.7 Å². The van der Waals surface area contributed by atoms with Crippen LogP contribution in [0.3, 0.4) is 0 Å². The molecular weight excluding hydrogens is 188 g/mol. The molecule has 5 nitrogen and oxygen atoms in total. The second kappa shape index (κ2) is 7.08. The molecule has 80 valence electrons. The molecule has 1 heterocycles. The van der Waals surface area contributed by atoms with Crippen molar-refractivity contribution in [1.82, 2.24) is 0 Å². The molecule has 1 aliphatic rings. The van der Waals surface area contributed by atoms with Crippen LogP contribution in [0.5, 0.6) is 0 Å². The van der Waals surface area contributed by atoms with E-state index in [1.165, 1.54) is 7.11 Å². The number of ether oxygens (including phenoxy) is 2. The van der Waals surface area contributed by atoms with Gasteiger partial charge in [-0.05, 0) is 12.8 Å². The Morgan fingerprint density at radius 3 is 2.64 bits per heavy atom. The normalized spacial score (nSPS) is 19.9. The highest BCUT2D eigenvalue weighted by atomic mass is 16.5. The van der Waals surface area contributed by atoms with E-state index in [0.29, 0.717) is 13.0 Å². The van der Waals surface area contributed by atoms with Gasteiger partial charge >= 0.3 is 11.9 Å². The second-order valence-corrected chi connectivity index (χ2v) is 2.55. The summed E-state index contributed by atoms with van der Waals surface area (Å²) in [6.07, 6.45) is 1.59. The van der Waals surface area contributed by atoms with Gasteiger partial charge in [-0.2, -0.15) is 0 Å². The highest BCUT2D eigenvalue weighted by Gasteiger charge is 2.19. The number of carbonyl (C=O) groups excluding carboxylic acids is 2.